The van der Waals surface area contributed by atoms with Crippen molar-refractivity contribution >= 4 is 6.09 Å². The SMILES string of the molecule is CCOC(C)C(C)OC(N)=O. The molecule has 0 aliphatic heterocycles. The molecule has 2 atom stereocenters. The van der Waals surface area contributed by atoms with Gasteiger partial charge in [-0.25, -0.2) is 4.79 Å². The van der Waals surface area contributed by atoms with E-state index in [1.165, 1.54) is 0 Å². The fourth-order valence-corrected chi connectivity index (χ4v) is 0.677. The number of ether oxygens (including phenoxy) is 2. The summed E-state index contributed by atoms with van der Waals surface area (Å²) in [4.78, 5) is 10.3. The average molecular weight is 161 g/mol. The van der Waals surface area contributed by atoms with Crippen LogP contribution in [-0.2, 0) is 9.47 Å². The van der Waals surface area contributed by atoms with Gasteiger partial charge < -0.3 is 15.2 Å². The molecular formula is C7H15NO3. The van der Waals surface area contributed by atoms with Crippen molar-refractivity contribution in [2.24, 2.45) is 5.73 Å². The van der Waals surface area contributed by atoms with Crippen molar-refractivity contribution in [3.8, 4) is 0 Å². The van der Waals surface area contributed by atoms with E-state index in [9.17, 15) is 4.79 Å². The predicted molar refractivity (Wildman–Crippen MR) is 41.2 cm³/mol. The van der Waals surface area contributed by atoms with Crippen LogP contribution in [0.1, 0.15) is 20.8 Å². The van der Waals surface area contributed by atoms with E-state index in [4.69, 9.17) is 10.5 Å². The molecule has 0 fully saturated rings. The van der Waals surface area contributed by atoms with Crippen molar-refractivity contribution in [1.82, 2.24) is 0 Å². The number of hydrogen-bond acceptors (Lipinski definition) is 3. The minimum atomic E-state index is -0.760. The first-order valence-electron chi connectivity index (χ1n) is 3.65. The Morgan fingerprint density at radius 3 is 2.36 bits per heavy atom. The van der Waals surface area contributed by atoms with Crippen LogP contribution in [0.2, 0.25) is 0 Å². The maximum absolute atomic E-state index is 10.3. The van der Waals surface area contributed by atoms with Crippen molar-refractivity contribution < 1.29 is 14.3 Å². The Labute approximate surface area is 66.7 Å². The number of primary amides is 1. The van der Waals surface area contributed by atoms with Gasteiger partial charge in [0.2, 0.25) is 0 Å². The Morgan fingerprint density at radius 2 is 2.00 bits per heavy atom. The maximum Gasteiger partial charge on any atom is 0.404 e. The number of rotatable bonds is 4. The molecule has 0 spiro atoms. The molecule has 0 saturated heterocycles. The van der Waals surface area contributed by atoms with Gasteiger partial charge in [-0.2, -0.15) is 0 Å². The molecule has 0 radical (unpaired) electrons. The van der Waals surface area contributed by atoms with Crippen molar-refractivity contribution in [3.05, 3.63) is 0 Å². The summed E-state index contributed by atoms with van der Waals surface area (Å²) in [5.41, 5.74) is 4.81. The maximum atomic E-state index is 10.3. The molecule has 4 heteroatoms. The molecule has 0 aromatic rings. The number of amides is 1. The molecule has 0 aromatic carbocycles. The van der Waals surface area contributed by atoms with Crippen molar-refractivity contribution in [1.29, 1.82) is 0 Å². The van der Waals surface area contributed by atoms with Crippen LogP contribution in [0.15, 0.2) is 0 Å². The molecule has 11 heavy (non-hydrogen) atoms. The Morgan fingerprint density at radius 1 is 1.45 bits per heavy atom. The molecule has 0 aliphatic rings. The lowest BCUT2D eigenvalue weighted by atomic mass is 10.2. The van der Waals surface area contributed by atoms with E-state index in [1.54, 1.807) is 6.92 Å². The minimum absolute atomic E-state index is 0.104. The molecule has 0 bridgehead atoms. The van der Waals surface area contributed by atoms with Gasteiger partial charge in [0.25, 0.3) is 0 Å². The summed E-state index contributed by atoms with van der Waals surface area (Å²) >= 11 is 0. The molecule has 0 heterocycles. The third-order valence-corrected chi connectivity index (χ3v) is 1.39. The van der Waals surface area contributed by atoms with E-state index in [0.29, 0.717) is 6.61 Å². The smallest absolute Gasteiger partial charge is 0.404 e. The summed E-state index contributed by atoms with van der Waals surface area (Å²) in [5.74, 6) is 0. The van der Waals surface area contributed by atoms with Gasteiger partial charge in [-0.05, 0) is 20.8 Å². The summed E-state index contributed by atoms with van der Waals surface area (Å²) in [6, 6.07) is 0. The van der Waals surface area contributed by atoms with Crippen molar-refractivity contribution in [2.75, 3.05) is 6.61 Å². The molecule has 2 unspecified atom stereocenters. The molecule has 66 valence electrons. The summed E-state index contributed by atoms with van der Waals surface area (Å²) in [7, 11) is 0. The Kier molecular flexibility index (Phi) is 4.61. The lowest BCUT2D eigenvalue weighted by Gasteiger charge is -2.18. The quantitative estimate of drug-likeness (QED) is 0.666. The largest absolute Gasteiger partial charge is 0.444 e. The van der Waals surface area contributed by atoms with E-state index in [1.807, 2.05) is 13.8 Å². The van der Waals surface area contributed by atoms with Gasteiger partial charge in [0.05, 0.1) is 6.10 Å². The van der Waals surface area contributed by atoms with Crippen LogP contribution in [-0.4, -0.2) is 24.9 Å². The fraction of sp³-hybridized carbons (Fsp3) is 0.857. The topological polar surface area (TPSA) is 61.6 Å². The van der Waals surface area contributed by atoms with Crippen LogP contribution in [0.4, 0.5) is 4.79 Å². The molecule has 0 saturated carbocycles. The van der Waals surface area contributed by atoms with Gasteiger partial charge >= 0.3 is 6.09 Å². The van der Waals surface area contributed by atoms with E-state index in [2.05, 4.69) is 4.74 Å². The second kappa shape index (κ2) is 4.96. The van der Waals surface area contributed by atoms with Gasteiger partial charge in [-0.15, -0.1) is 0 Å². The highest BCUT2D eigenvalue weighted by molar-refractivity contribution is 5.64. The van der Waals surface area contributed by atoms with Crippen molar-refractivity contribution in [3.63, 3.8) is 0 Å². The van der Waals surface area contributed by atoms with E-state index >= 15 is 0 Å². The molecular weight excluding hydrogens is 146 g/mol. The van der Waals surface area contributed by atoms with E-state index < -0.39 is 6.09 Å². The lowest BCUT2D eigenvalue weighted by Crippen LogP contribution is -2.30. The Bertz CT molecular complexity index is 127. The first-order valence-corrected chi connectivity index (χ1v) is 3.65. The lowest BCUT2D eigenvalue weighted by molar-refractivity contribution is -0.0195. The van der Waals surface area contributed by atoms with Crippen LogP contribution in [0.25, 0.3) is 0 Å². The van der Waals surface area contributed by atoms with E-state index in [0.717, 1.165) is 0 Å². The van der Waals surface area contributed by atoms with Crippen LogP contribution >= 0.6 is 0 Å². The zero-order chi connectivity index (χ0) is 8.85. The highest BCUT2D eigenvalue weighted by Crippen LogP contribution is 2.02. The summed E-state index contributed by atoms with van der Waals surface area (Å²) in [6.45, 7) is 6.06. The molecule has 1 amide bonds. The summed E-state index contributed by atoms with van der Waals surface area (Å²) in [6.07, 6.45) is -1.15. The zero-order valence-electron chi connectivity index (χ0n) is 7.16. The van der Waals surface area contributed by atoms with Gasteiger partial charge in [0.15, 0.2) is 0 Å². The minimum Gasteiger partial charge on any atom is -0.444 e. The molecule has 0 rings (SSSR count). The molecule has 2 N–H and O–H groups in total. The van der Waals surface area contributed by atoms with E-state index in [-0.39, 0.29) is 12.2 Å². The predicted octanol–water partition coefficient (Wildman–Crippen LogP) is 0.895. The Hall–Kier alpha value is -0.770. The average Bonchev–Trinajstić information content (AvgIpc) is 1.86. The first kappa shape index (κ1) is 10.2. The van der Waals surface area contributed by atoms with Crippen LogP contribution < -0.4 is 5.73 Å². The molecule has 0 aliphatic carbocycles. The number of carbonyl (C=O) groups is 1. The first-order chi connectivity index (χ1) is 5.07. The van der Waals surface area contributed by atoms with Crippen LogP contribution in [0.3, 0.4) is 0 Å². The van der Waals surface area contributed by atoms with Crippen molar-refractivity contribution in [2.45, 2.75) is 33.0 Å². The summed E-state index contributed by atoms with van der Waals surface area (Å²) < 4.78 is 9.85. The van der Waals surface area contributed by atoms with Crippen LogP contribution in [0, 0.1) is 0 Å². The Balaban J connectivity index is 3.63. The van der Waals surface area contributed by atoms with Gasteiger partial charge in [0.1, 0.15) is 6.10 Å². The standard InChI is InChI=1S/C7H15NO3/c1-4-10-5(2)6(3)11-7(8)9/h5-6H,4H2,1-3H3,(H2,8,9). The monoisotopic (exact) mass is 161 g/mol. The number of hydrogen-bond donors (Lipinski definition) is 1. The molecule has 0 aromatic heterocycles. The van der Waals surface area contributed by atoms with Gasteiger partial charge in [-0.1, -0.05) is 0 Å². The zero-order valence-corrected chi connectivity index (χ0v) is 7.16. The van der Waals surface area contributed by atoms with Gasteiger partial charge in [-0.3, -0.25) is 0 Å². The van der Waals surface area contributed by atoms with Crippen LogP contribution in [0.5, 0.6) is 0 Å². The highest BCUT2D eigenvalue weighted by Gasteiger charge is 2.14. The normalized spacial score (nSPS) is 15.5. The second-order valence-electron chi connectivity index (χ2n) is 2.30. The van der Waals surface area contributed by atoms with Gasteiger partial charge in [0, 0.05) is 6.61 Å². The third-order valence-electron chi connectivity index (χ3n) is 1.39. The highest BCUT2D eigenvalue weighted by atomic mass is 16.6. The third kappa shape index (κ3) is 4.61. The number of nitrogens with two attached hydrogens (primary N) is 1. The fourth-order valence-electron chi connectivity index (χ4n) is 0.677. The molecule has 4 nitrogen and oxygen atoms in total. The summed E-state index contributed by atoms with van der Waals surface area (Å²) in [5, 5.41) is 0. The second-order valence-corrected chi connectivity index (χ2v) is 2.30. The number of carbonyl (C=O) groups excluding carboxylic acids is 1.